The maximum absolute atomic E-state index is 14.3. The van der Waals surface area contributed by atoms with Crippen LogP contribution in [-0.2, 0) is 11.3 Å². The lowest BCUT2D eigenvalue weighted by Gasteiger charge is -2.59. The summed E-state index contributed by atoms with van der Waals surface area (Å²) < 4.78 is 35.8. The van der Waals surface area contributed by atoms with Crippen LogP contribution in [0.2, 0.25) is 0 Å². The second kappa shape index (κ2) is 7.92. The normalized spacial score (nSPS) is 20.2. The molecule has 0 radical (unpaired) electrons. The van der Waals surface area contributed by atoms with Crippen molar-refractivity contribution >= 4 is 16.8 Å². The van der Waals surface area contributed by atoms with E-state index in [9.17, 15) is 13.6 Å². The summed E-state index contributed by atoms with van der Waals surface area (Å²) in [4.78, 5) is 19.3. The molecule has 2 aliphatic rings. The van der Waals surface area contributed by atoms with Gasteiger partial charge in [0.2, 0.25) is 0 Å². The molecule has 1 spiro atoms. The van der Waals surface area contributed by atoms with E-state index in [1.54, 1.807) is 0 Å². The molecule has 0 bridgehead atoms. The fourth-order valence-corrected chi connectivity index (χ4v) is 5.10. The molecule has 6 nitrogen and oxygen atoms in total. The van der Waals surface area contributed by atoms with Gasteiger partial charge in [-0.3, -0.25) is 14.5 Å². The molecule has 4 heterocycles. The van der Waals surface area contributed by atoms with Gasteiger partial charge in [-0.15, -0.1) is 0 Å². The van der Waals surface area contributed by atoms with Crippen LogP contribution >= 0.6 is 0 Å². The largest absolute Gasteiger partial charge is 0.381 e. The van der Waals surface area contributed by atoms with E-state index < -0.39 is 11.6 Å². The first-order chi connectivity index (χ1) is 15.4. The Hall–Kier alpha value is -2.87. The van der Waals surface area contributed by atoms with E-state index >= 15 is 0 Å². The number of pyridine rings is 1. The van der Waals surface area contributed by atoms with Gasteiger partial charge in [0.1, 0.15) is 17.2 Å². The number of ether oxygens (including phenoxy) is 1. The molecule has 0 N–H and O–H groups in total. The second-order valence-electron chi connectivity index (χ2n) is 9.35. The molecular weight excluding hydrogens is 414 g/mol. The third kappa shape index (κ3) is 3.46. The number of nitrogens with zero attached hydrogens (tertiary/aromatic N) is 4. The molecule has 1 aromatic carbocycles. The Kier molecular flexibility index (Phi) is 5.20. The van der Waals surface area contributed by atoms with Gasteiger partial charge in [-0.1, -0.05) is 13.8 Å². The van der Waals surface area contributed by atoms with Gasteiger partial charge in [0.05, 0.1) is 17.8 Å². The zero-order valence-electron chi connectivity index (χ0n) is 18.2. The number of hydrogen-bond acceptors (Lipinski definition) is 4. The Morgan fingerprint density at radius 1 is 1.22 bits per heavy atom. The van der Waals surface area contributed by atoms with Gasteiger partial charge >= 0.3 is 0 Å². The maximum Gasteiger partial charge on any atom is 0.255 e. The number of halogens is 2. The number of carbonyl (C=O) groups is 1. The minimum atomic E-state index is -0.610. The van der Waals surface area contributed by atoms with Crippen molar-refractivity contribution in [3.8, 4) is 0 Å². The molecule has 1 atom stereocenters. The topological polar surface area (TPSA) is 60.2 Å². The first-order valence-corrected chi connectivity index (χ1v) is 11.0. The molecule has 2 saturated heterocycles. The van der Waals surface area contributed by atoms with Crippen LogP contribution in [0.5, 0.6) is 0 Å². The summed E-state index contributed by atoms with van der Waals surface area (Å²) in [5.41, 5.74) is 1.13. The first kappa shape index (κ1) is 21.0. The molecule has 168 valence electrons. The number of benzene rings is 1. The van der Waals surface area contributed by atoms with Crippen LogP contribution < -0.4 is 0 Å². The molecule has 5 rings (SSSR count). The SMILES string of the molecule is CC(C)Cn1cc(C2N(C(=O)c3cnc4c(F)ccc(F)c4c3)CC23CCOCC3)cn1. The predicted octanol–water partition coefficient (Wildman–Crippen LogP) is 4.36. The first-order valence-electron chi connectivity index (χ1n) is 11.0. The molecule has 1 unspecified atom stereocenters. The Balaban J connectivity index is 1.49. The minimum absolute atomic E-state index is 0.0125. The molecule has 1 amide bonds. The highest BCUT2D eigenvalue weighted by molar-refractivity contribution is 5.98. The molecule has 2 aliphatic heterocycles. The van der Waals surface area contributed by atoms with Crippen molar-refractivity contribution in [1.29, 1.82) is 0 Å². The van der Waals surface area contributed by atoms with Crippen molar-refractivity contribution < 1.29 is 18.3 Å². The molecule has 2 aromatic heterocycles. The molecule has 0 aliphatic carbocycles. The predicted molar refractivity (Wildman–Crippen MR) is 115 cm³/mol. The lowest BCUT2D eigenvalue weighted by atomic mass is 9.64. The van der Waals surface area contributed by atoms with E-state index in [4.69, 9.17) is 4.74 Å². The smallest absolute Gasteiger partial charge is 0.255 e. The monoisotopic (exact) mass is 440 g/mol. The highest BCUT2D eigenvalue weighted by Gasteiger charge is 2.55. The van der Waals surface area contributed by atoms with E-state index in [2.05, 4.69) is 23.9 Å². The average molecular weight is 440 g/mol. The van der Waals surface area contributed by atoms with Gasteiger partial charge in [-0.25, -0.2) is 8.78 Å². The molecular formula is C24H26F2N4O2. The van der Waals surface area contributed by atoms with Crippen LogP contribution in [-0.4, -0.2) is 45.3 Å². The van der Waals surface area contributed by atoms with Gasteiger partial charge in [-0.05, 0) is 37.0 Å². The van der Waals surface area contributed by atoms with E-state index in [1.807, 2.05) is 22.0 Å². The number of fused-ring (bicyclic) bond motifs is 1. The highest BCUT2D eigenvalue weighted by atomic mass is 19.1. The molecule has 3 aromatic rings. The summed E-state index contributed by atoms with van der Waals surface area (Å²) in [5, 5.41) is 4.52. The molecule has 8 heteroatoms. The summed E-state index contributed by atoms with van der Waals surface area (Å²) in [5.74, 6) is -0.986. The summed E-state index contributed by atoms with van der Waals surface area (Å²) >= 11 is 0. The van der Waals surface area contributed by atoms with Crippen LogP contribution in [0, 0.1) is 23.0 Å². The lowest BCUT2D eigenvalue weighted by molar-refractivity contribution is -0.115. The van der Waals surface area contributed by atoms with Crippen LogP contribution in [0.4, 0.5) is 8.78 Å². The van der Waals surface area contributed by atoms with Crippen molar-refractivity contribution in [3.05, 3.63) is 59.6 Å². The fraction of sp³-hybridized carbons (Fsp3) is 0.458. The number of carbonyl (C=O) groups excluding carboxylic acids is 1. The number of amides is 1. The summed E-state index contributed by atoms with van der Waals surface area (Å²) in [6.45, 7) is 7.00. The quantitative estimate of drug-likeness (QED) is 0.605. The number of rotatable bonds is 4. The Labute approximate surface area is 185 Å². The van der Waals surface area contributed by atoms with Crippen molar-refractivity contribution in [2.45, 2.75) is 39.3 Å². The minimum Gasteiger partial charge on any atom is -0.381 e. The van der Waals surface area contributed by atoms with E-state index in [1.165, 1.54) is 12.3 Å². The highest BCUT2D eigenvalue weighted by Crippen LogP contribution is 2.55. The van der Waals surface area contributed by atoms with Crippen molar-refractivity contribution in [3.63, 3.8) is 0 Å². The van der Waals surface area contributed by atoms with Gasteiger partial charge < -0.3 is 9.64 Å². The zero-order valence-corrected chi connectivity index (χ0v) is 18.2. The molecule has 0 saturated carbocycles. The number of aromatic nitrogens is 3. The summed E-state index contributed by atoms with van der Waals surface area (Å²) in [6, 6.07) is 3.37. The van der Waals surface area contributed by atoms with Gasteiger partial charge in [-0.2, -0.15) is 5.10 Å². The van der Waals surface area contributed by atoms with Crippen LogP contribution in [0.15, 0.2) is 36.8 Å². The van der Waals surface area contributed by atoms with Crippen LogP contribution in [0.1, 0.15) is 48.7 Å². The Morgan fingerprint density at radius 2 is 1.97 bits per heavy atom. The summed E-state index contributed by atoms with van der Waals surface area (Å²) in [6.07, 6.45) is 6.94. The van der Waals surface area contributed by atoms with Crippen molar-refractivity contribution in [2.75, 3.05) is 19.8 Å². The fourth-order valence-electron chi connectivity index (χ4n) is 5.10. The lowest BCUT2D eigenvalue weighted by Crippen LogP contribution is -2.62. The zero-order chi connectivity index (χ0) is 22.5. The average Bonchev–Trinajstić information content (AvgIpc) is 3.21. The van der Waals surface area contributed by atoms with Gasteiger partial charge in [0.15, 0.2) is 0 Å². The van der Waals surface area contributed by atoms with E-state index in [0.29, 0.717) is 25.7 Å². The third-order valence-corrected chi connectivity index (χ3v) is 6.64. The summed E-state index contributed by atoms with van der Waals surface area (Å²) in [7, 11) is 0. The van der Waals surface area contributed by atoms with Crippen LogP contribution in [0.3, 0.4) is 0 Å². The molecule has 2 fully saturated rings. The Bertz CT molecular complexity index is 1170. The van der Waals surface area contributed by atoms with E-state index in [-0.39, 0.29) is 33.8 Å². The second-order valence-corrected chi connectivity index (χ2v) is 9.35. The third-order valence-electron chi connectivity index (χ3n) is 6.64. The van der Waals surface area contributed by atoms with Crippen molar-refractivity contribution in [2.24, 2.45) is 11.3 Å². The number of likely N-dealkylation sites (tertiary alicyclic amines) is 1. The Morgan fingerprint density at radius 3 is 2.72 bits per heavy atom. The standard InChI is InChI=1S/C24H26F2N4O2/c1-15(2)12-29-13-17(11-28-29)22-24(5-7-32-8-6-24)14-30(22)23(31)16-9-18-19(25)3-4-20(26)21(18)27-10-16/h3-4,9-11,13,15,22H,5-8,12,14H2,1-2H3. The van der Waals surface area contributed by atoms with Gasteiger partial charge in [0.25, 0.3) is 5.91 Å². The molecule has 32 heavy (non-hydrogen) atoms. The van der Waals surface area contributed by atoms with E-state index in [0.717, 1.165) is 37.1 Å². The van der Waals surface area contributed by atoms with Crippen molar-refractivity contribution in [1.82, 2.24) is 19.7 Å². The van der Waals surface area contributed by atoms with Gasteiger partial charge in [0, 0.05) is 55.1 Å². The van der Waals surface area contributed by atoms with Crippen LogP contribution in [0.25, 0.3) is 10.9 Å². The maximum atomic E-state index is 14.3. The number of hydrogen-bond donors (Lipinski definition) is 0.